The minimum absolute atomic E-state index is 0.0180. The fourth-order valence-corrected chi connectivity index (χ4v) is 3.57. The number of halogens is 3. The molecule has 3 N–H and O–H groups in total. The van der Waals surface area contributed by atoms with Crippen LogP contribution in [0.2, 0.25) is 0 Å². The third-order valence-corrected chi connectivity index (χ3v) is 5.56. The maximum absolute atomic E-state index is 13.4. The average molecular weight is 508 g/mol. The topological polar surface area (TPSA) is 87.3 Å². The molecule has 2 aromatic rings. The first-order valence-corrected chi connectivity index (χ1v) is 11.7. The quantitative estimate of drug-likeness (QED) is 0.343. The van der Waals surface area contributed by atoms with Crippen LogP contribution in [0.15, 0.2) is 54.6 Å². The van der Waals surface area contributed by atoms with E-state index >= 15 is 0 Å². The summed E-state index contributed by atoms with van der Waals surface area (Å²) in [6.07, 6.45) is -5.19. The van der Waals surface area contributed by atoms with E-state index in [-0.39, 0.29) is 18.9 Å². The van der Waals surface area contributed by atoms with Gasteiger partial charge in [-0.2, -0.15) is 18.6 Å². The molecule has 196 valence electrons. The standard InChI is InChI=1S/C26H33F3N4O3/c1-17(2)15-22(31-24(35)26(27,28)29)23(34)32-33(5,16-19-9-7-6-8-10-19)25(36)30-21-13-11-20(12-14-21)18(3)4/h6-14,17-18,22H,15-16H2,1-5H3,(H2-,30,31,32,34,35,36)/p+1/t22-,33?/m0/s1. The zero-order chi connectivity index (χ0) is 27.1. The first kappa shape index (κ1) is 28.8. The van der Waals surface area contributed by atoms with Crippen LogP contribution in [0.4, 0.5) is 23.7 Å². The molecule has 4 amide bonds. The second-order valence-electron chi connectivity index (χ2n) is 9.67. The maximum Gasteiger partial charge on any atom is 0.471 e. The molecule has 2 aromatic carbocycles. The fraction of sp³-hybridized carbons (Fsp3) is 0.423. The molecule has 0 aliphatic heterocycles. The predicted molar refractivity (Wildman–Crippen MR) is 131 cm³/mol. The highest BCUT2D eigenvalue weighted by Gasteiger charge is 2.43. The van der Waals surface area contributed by atoms with Crippen LogP contribution in [0.25, 0.3) is 0 Å². The third-order valence-electron chi connectivity index (χ3n) is 5.56. The van der Waals surface area contributed by atoms with Gasteiger partial charge in [0.1, 0.15) is 19.6 Å². The number of hydrogen-bond donors (Lipinski definition) is 3. The highest BCUT2D eigenvalue weighted by atomic mass is 19.4. The molecule has 0 bridgehead atoms. The molecule has 36 heavy (non-hydrogen) atoms. The lowest BCUT2D eigenvalue weighted by molar-refractivity contribution is -0.877. The van der Waals surface area contributed by atoms with E-state index in [9.17, 15) is 27.6 Å². The number of carbonyl (C=O) groups is 3. The van der Waals surface area contributed by atoms with Crippen LogP contribution < -0.4 is 16.1 Å². The first-order valence-electron chi connectivity index (χ1n) is 11.7. The lowest BCUT2D eigenvalue weighted by Gasteiger charge is -2.32. The van der Waals surface area contributed by atoms with Crippen molar-refractivity contribution in [2.24, 2.45) is 5.92 Å². The van der Waals surface area contributed by atoms with Gasteiger partial charge in [0.05, 0.1) is 0 Å². The Morgan fingerprint density at radius 1 is 0.917 bits per heavy atom. The summed E-state index contributed by atoms with van der Waals surface area (Å²) in [5.41, 5.74) is 4.85. The summed E-state index contributed by atoms with van der Waals surface area (Å²) in [4.78, 5) is 38.1. The van der Waals surface area contributed by atoms with Crippen LogP contribution in [0.3, 0.4) is 0 Å². The second-order valence-corrected chi connectivity index (χ2v) is 9.67. The average Bonchev–Trinajstić information content (AvgIpc) is 2.78. The van der Waals surface area contributed by atoms with Gasteiger partial charge in [0.2, 0.25) is 0 Å². The summed E-state index contributed by atoms with van der Waals surface area (Å²) >= 11 is 0. The molecule has 10 heteroatoms. The van der Waals surface area contributed by atoms with Gasteiger partial charge in [0.25, 0.3) is 5.91 Å². The number of benzene rings is 2. The Bertz CT molecular complexity index is 1040. The number of alkyl halides is 3. The summed E-state index contributed by atoms with van der Waals surface area (Å²) in [5.74, 6) is -3.01. The van der Waals surface area contributed by atoms with Gasteiger partial charge < -0.3 is 5.32 Å². The Kier molecular flexibility index (Phi) is 9.63. The number of urea groups is 1. The molecule has 0 fully saturated rings. The van der Waals surface area contributed by atoms with E-state index < -0.39 is 34.7 Å². The van der Waals surface area contributed by atoms with Crippen molar-refractivity contribution < 1.29 is 32.1 Å². The van der Waals surface area contributed by atoms with Crippen LogP contribution in [0.5, 0.6) is 0 Å². The van der Waals surface area contributed by atoms with Gasteiger partial charge in [-0.05, 0) is 36.0 Å². The number of quaternary nitrogens is 1. The van der Waals surface area contributed by atoms with Gasteiger partial charge in [-0.15, -0.1) is 4.59 Å². The SMILES string of the molecule is CC(C)C[C@H](NC(=O)C(F)(F)F)C(=O)N[N+](C)(Cc1ccccc1)C(=O)Nc1ccc(C(C)C)cc1. The van der Waals surface area contributed by atoms with Crippen molar-refractivity contribution in [3.05, 3.63) is 65.7 Å². The molecule has 0 radical (unpaired) electrons. The molecule has 1 unspecified atom stereocenters. The Balaban J connectivity index is 2.32. The van der Waals surface area contributed by atoms with E-state index in [2.05, 4.69) is 10.7 Å². The van der Waals surface area contributed by atoms with E-state index in [1.165, 1.54) is 7.05 Å². The number of rotatable bonds is 8. The van der Waals surface area contributed by atoms with Gasteiger partial charge in [0.15, 0.2) is 0 Å². The van der Waals surface area contributed by atoms with Crippen LogP contribution in [-0.2, 0) is 16.1 Å². The summed E-state index contributed by atoms with van der Waals surface area (Å²) < 4.78 is 37.9. The lowest BCUT2D eigenvalue weighted by Crippen LogP contribution is -2.65. The van der Waals surface area contributed by atoms with E-state index in [4.69, 9.17) is 0 Å². The van der Waals surface area contributed by atoms with Crippen molar-refractivity contribution in [3.8, 4) is 0 Å². The zero-order valence-electron chi connectivity index (χ0n) is 21.1. The molecule has 7 nitrogen and oxygen atoms in total. The monoisotopic (exact) mass is 507 g/mol. The van der Waals surface area contributed by atoms with Gasteiger partial charge >= 0.3 is 18.1 Å². The Hall–Kier alpha value is -3.40. The molecule has 0 spiro atoms. The lowest BCUT2D eigenvalue weighted by atomic mass is 10.0. The number of amides is 4. The van der Waals surface area contributed by atoms with Crippen molar-refractivity contribution in [2.45, 2.75) is 58.8 Å². The molecule has 0 aliphatic carbocycles. The largest absolute Gasteiger partial charge is 0.471 e. The number of anilines is 1. The van der Waals surface area contributed by atoms with Crippen molar-refractivity contribution in [1.82, 2.24) is 10.7 Å². The Morgan fingerprint density at radius 2 is 1.50 bits per heavy atom. The molecular weight excluding hydrogens is 473 g/mol. The van der Waals surface area contributed by atoms with Crippen LogP contribution in [-0.4, -0.2) is 41.7 Å². The van der Waals surface area contributed by atoms with Crippen molar-refractivity contribution >= 4 is 23.5 Å². The van der Waals surface area contributed by atoms with Crippen molar-refractivity contribution in [3.63, 3.8) is 0 Å². The van der Waals surface area contributed by atoms with E-state index in [1.54, 1.807) is 61.6 Å². The third kappa shape index (κ3) is 8.37. The smallest absolute Gasteiger partial charge is 0.336 e. The predicted octanol–water partition coefficient (Wildman–Crippen LogP) is 5.11. The van der Waals surface area contributed by atoms with Gasteiger partial charge in [-0.25, -0.2) is 4.79 Å². The van der Waals surface area contributed by atoms with Gasteiger partial charge in [-0.1, -0.05) is 70.2 Å². The highest BCUT2D eigenvalue weighted by molar-refractivity contribution is 5.90. The molecular formula is C26H34F3N4O3+. The molecule has 0 aromatic heterocycles. The van der Waals surface area contributed by atoms with E-state index in [0.717, 1.165) is 5.56 Å². The minimum Gasteiger partial charge on any atom is -0.336 e. The van der Waals surface area contributed by atoms with E-state index in [0.29, 0.717) is 17.2 Å². The molecule has 2 rings (SSSR count). The first-order chi connectivity index (χ1) is 16.7. The van der Waals surface area contributed by atoms with Crippen LogP contribution >= 0.6 is 0 Å². The summed E-state index contributed by atoms with van der Waals surface area (Å²) in [7, 11) is 1.45. The molecule has 2 atom stereocenters. The second kappa shape index (κ2) is 12.0. The number of nitrogens with one attached hydrogen (secondary N) is 3. The zero-order valence-corrected chi connectivity index (χ0v) is 21.1. The molecule has 0 saturated carbocycles. The summed E-state index contributed by atoms with van der Waals surface area (Å²) in [6.45, 7) is 7.53. The number of carbonyl (C=O) groups excluding carboxylic acids is 3. The normalized spacial score (nSPS) is 14.2. The molecule has 0 aliphatic rings. The minimum atomic E-state index is -5.14. The van der Waals surface area contributed by atoms with Crippen LogP contribution in [0.1, 0.15) is 51.2 Å². The highest BCUT2D eigenvalue weighted by Crippen LogP contribution is 2.20. The number of hydrogen-bond acceptors (Lipinski definition) is 3. The van der Waals surface area contributed by atoms with Crippen LogP contribution in [0, 0.1) is 5.92 Å². The van der Waals surface area contributed by atoms with E-state index in [1.807, 2.05) is 26.0 Å². The fourth-order valence-electron chi connectivity index (χ4n) is 3.57. The Labute approximate surface area is 209 Å². The molecule has 0 saturated heterocycles. The van der Waals surface area contributed by atoms with Crippen molar-refractivity contribution in [1.29, 1.82) is 0 Å². The summed E-state index contributed by atoms with van der Waals surface area (Å²) in [6, 6.07) is 14.0. The van der Waals surface area contributed by atoms with Gasteiger partial charge in [0, 0.05) is 11.3 Å². The number of nitrogens with zero attached hydrogens (tertiary/aromatic N) is 1. The maximum atomic E-state index is 13.4. The summed E-state index contributed by atoms with van der Waals surface area (Å²) in [5, 5.41) is 4.53. The van der Waals surface area contributed by atoms with Crippen molar-refractivity contribution in [2.75, 3.05) is 12.4 Å². The van der Waals surface area contributed by atoms with Gasteiger partial charge in [-0.3, -0.25) is 14.9 Å². The molecule has 0 heterocycles. The Morgan fingerprint density at radius 3 is 2.00 bits per heavy atom.